The molecule has 1 aromatic heterocycles. The second kappa shape index (κ2) is 8.54. The van der Waals surface area contributed by atoms with Crippen molar-refractivity contribution in [2.45, 2.75) is 52.0 Å². The molecule has 3 nitrogen and oxygen atoms in total. The van der Waals surface area contributed by atoms with Crippen LogP contribution in [0.15, 0.2) is 17.5 Å². The van der Waals surface area contributed by atoms with Crippen molar-refractivity contribution in [3.8, 4) is 0 Å². The molecule has 1 aliphatic rings. The van der Waals surface area contributed by atoms with Crippen LogP contribution in [0.25, 0.3) is 0 Å². The largest absolute Gasteiger partial charge is 0.340 e. The van der Waals surface area contributed by atoms with Gasteiger partial charge in [-0.3, -0.25) is 4.79 Å². The third-order valence-corrected chi connectivity index (χ3v) is 5.13. The van der Waals surface area contributed by atoms with Gasteiger partial charge in [0.25, 0.3) is 0 Å². The van der Waals surface area contributed by atoms with E-state index in [2.05, 4.69) is 41.6 Å². The van der Waals surface area contributed by atoms with Crippen LogP contribution in [-0.2, 0) is 11.2 Å². The molecule has 1 amide bonds. The number of carbonyl (C=O) groups is 1. The lowest BCUT2D eigenvalue weighted by molar-refractivity contribution is -0.133. The SMILES string of the molecule is CC(C)N(CC1CCCNC1)C(=O)CCCc1cccs1. The van der Waals surface area contributed by atoms with Gasteiger partial charge < -0.3 is 10.2 Å². The maximum absolute atomic E-state index is 12.5. The van der Waals surface area contributed by atoms with Gasteiger partial charge in [-0.1, -0.05) is 6.07 Å². The fourth-order valence-electron chi connectivity index (χ4n) is 2.97. The van der Waals surface area contributed by atoms with E-state index >= 15 is 0 Å². The van der Waals surface area contributed by atoms with Crippen molar-refractivity contribution in [1.29, 1.82) is 0 Å². The van der Waals surface area contributed by atoms with Crippen molar-refractivity contribution in [2.75, 3.05) is 19.6 Å². The van der Waals surface area contributed by atoms with Crippen LogP contribution >= 0.6 is 11.3 Å². The molecule has 21 heavy (non-hydrogen) atoms. The smallest absolute Gasteiger partial charge is 0.222 e. The minimum Gasteiger partial charge on any atom is -0.340 e. The first-order chi connectivity index (χ1) is 10.2. The average molecular weight is 308 g/mol. The first kappa shape index (κ1) is 16.5. The molecule has 0 saturated carbocycles. The zero-order valence-electron chi connectivity index (χ0n) is 13.3. The molecule has 1 N–H and O–H groups in total. The predicted octanol–water partition coefficient (Wildman–Crippen LogP) is 3.31. The van der Waals surface area contributed by atoms with E-state index in [1.54, 1.807) is 11.3 Å². The Morgan fingerprint density at radius 1 is 1.52 bits per heavy atom. The molecule has 1 atom stereocenters. The summed E-state index contributed by atoms with van der Waals surface area (Å²) in [6.07, 6.45) is 5.16. The van der Waals surface area contributed by atoms with E-state index in [0.717, 1.165) is 32.5 Å². The van der Waals surface area contributed by atoms with Gasteiger partial charge in [0, 0.05) is 23.9 Å². The average Bonchev–Trinajstić information content (AvgIpc) is 2.98. The summed E-state index contributed by atoms with van der Waals surface area (Å²) in [6.45, 7) is 7.38. The summed E-state index contributed by atoms with van der Waals surface area (Å²) in [6, 6.07) is 4.54. The Morgan fingerprint density at radius 3 is 3.00 bits per heavy atom. The number of amides is 1. The molecule has 118 valence electrons. The summed E-state index contributed by atoms with van der Waals surface area (Å²) >= 11 is 1.78. The molecule has 1 saturated heterocycles. The Labute approximate surface area is 132 Å². The van der Waals surface area contributed by atoms with E-state index in [9.17, 15) is 4.79 Å². The molecule has 2 rings (SSSR count). The number of aryl methyl sites for hydroxylation is 1. The van der Waals surface area contributed by atoms with E-state index in [0.29, 0.717) is 24.3 Å². The first-order valence-electron chi connectivity index (χ1n) is 8.19. The van der Waals surface area contributed by atoms with Gasteiger partial charge in [0.2, 0.25) is 5.91 Å². The van der Waals surface area contributed by atoms with Gasteiger partial charge in [-0.15, -0.1) is 11.3 Å². The molecule has 2 heterocycles. The fraction of sp³-hybridized carbons (Fsp3) is 0.706. The number of piperidine rings is 1. The van der Waals surface area contributed by atoms with Crippen LogP contribution in [0.5, 0.6) is 0 Å². The molecule has 1 unspecified atom stereocenters. The Morgan fingerprint density at radius 2 is 2.38 bits per heavy atom. The van der Waals surface area contributed by atoms with Crippen molar-refractivity contribution in [2.24, 2.45) is 5.92 Å². The molecule has 0 aliphatic carbocycles. The molecule has 1 fully saturated rings. The van der Waals surface area contributed by atoms with Gasteiger partial charge in [-0.2, -0.15) is 0 Å². The summed E-state index contributed by atoms with van der Waals surface area (Å²) in [5, 5.41) is 5.55. The van der Waals surface area contributed by atoms with Crippen molar-refractivity contribution in [3.05, 3.63) is 22.4 Å². The third kappa shape index (κ3) is 5.44. The lowest BCUT2D eigenvalue weighted by Crippen LogP contribution is -2.44. The normalized spacial score (nSPS) is 18.9. The lowest BCUT2D eigenvalue weighted by Gasteiger charge is -2.33. The number of nitrogens with zero attached hydrogens (tertiary/aromatic N) is 1. The zero-order chi connectivity index (χ0) is 15.1. The highest BCUT2D eigenvalue weighted by Gasteiger charge is 2.22. The first-order valence-corrected chi connectivity index (χ1v) is 9.07. The van der Waals surface area contributed by atoms with Crippen LogP contribution in [0.4, 0.5) is 0 Å². The Balaban J connectivity index is 1.77. The molecule has 0 spiro atoms. The second-order valence-corrected chi connectivity index (χ2v) is 7.32. The molecule has 1 aliphatic heterocycles. The zero-order valence-corrected chi connectivity index (χ0v) is 14.1. The number of carbonyl (C=O) groups excluding carboxylic acids is 1. The summed E-state index contributed by atoms with van der Waals surface area (Å²) in [5.41, 5.74) is 0. The summed E-state index contributed by atoms with van der Waals surface area (Å²) in [5.74, 6) is 0.953. The summed E-state index contributed by atoms with van der Waals surface area (Å²) in [7, 11) is 0. The summed E-state index contributed by atoms with van der Waals surface area (Å²) in [4.78, 5) is 16.0. The van der Waals surface area contributed by atoms with E-state index in [1.807, 2.05) is 0 Å². The van der Waals surface area contributed by atoms with Crippen molar-refractivity contribution in [3.63, 3.8) is 0 Å². The highest BCUT2D eigenvalue weighted by Crippen LogP contribution is 2.16. The highest BCUT2D eigenvalue weighted by molar-refractivity contribution is 7.09. The molecular formula is C17H28N2OS. The van der Waals surface area contributed by atoms with Gasteiger partial charge in [-0.25, -0.2) is 0 Å². The van der Waals surface area contributed by atoms with E-state index in [4.69, 9.17) is 0 Å². The Kier molecular flexibility index (Phi) is 6.71. The number of hydrogen-bond donors (Lipinski definition) is 1. The quantitative estimate of drug-likeness (QED) is 0.838. The minimum atomic E-state index is 0.307. The van der Waals surface area contributed by atoms with Gasteiger partial charge in [0.1, 0.15) is 0 Å². The van der Waals surface area contributed by atoms with Gasteiger partial charge in [-0.05, 0) is 70.0 Å². The van der Waals surface area contributed by atoms with E-state index < -0.39 is 0 Å². The molecular weight excluding hydrogens is 280 g/mol. The maximum Gasteiger partial charge on any atom is 0.222 e. The van der Waals surface area contributed by atoms with Crippen LogP contribution in [0.2, 0.25) is 0 Å². The van der Waals surface area contributed by atoms with Gasteiger partial charge in [0.15, 0.2) is 0 Å². The van der Waals surface area contributed by atoms with E-state index in [-0.39, 0.29) is 0 Å². The number of nitrogens with one attached hydrogen (secondary N) is 1. The Hall–Kier alpha value is -0.870. The van der Waals surface area contributed by atoms with Crippen LogP contribution in [0.3, 0.4) is 0 Å². The molecule has 0 aromatic carbocycles. The van der Waals surface area contributed by atoms with E-state index in [1.165, 1.54) is 17.7 Å². The molecule has 4 heteroatoms. The standard InChI is InChI=1S/C17H28N2OS/c1-14(2)19(13-15-6-4-10-18-12-15)17(20)9-3-7-16-8-5-11-21-16/h5,8,11,14-15,18H,3-4,6-7,9-10,12-13H2,1-2H3. The van der Waals surface area contributed by atoms with Crippen LogP contribution in [0.1, 0.15) is 44.4 Å². The third-order valence-electron chi connectivity index (χ3n) is 4.19. The van der Waals surface area contributed by atoms with Gasteiger partial charge in [0.05, 0.1) is 0 Å². The maximum atomic E-state index is 12.5. The van der Waals surface area contributed by atoms with Crippen molar-refractivity contribution in [1.82, 2.24) is 10.2 Å². The van der Waals surface area contributed by atoms with Crippen LogP contribution in [0, 0.1) is 5.92 Å². The Bertz CT molecular complexity index is 410. The van der Waals surface area contributed by atoms with Crippen molar-refractivity contribution >= 4 is 17.2 Å². The molecule has 1 aromatic rings. The van der Waals surface area contributed by atoms with Crippen LogP contribution in [-0.4, -0.2) is 36.5 Å². The highest BCUT2D eigenvalue weighted by atomic mass is 32.1. The number of hydrogen-bond acceptors (Lipinski definition) is 3. The lowest BCUT2D eigenvalue weighted by atomic mass is 9.98. The number of thiophene rings is 1. The second-order valence-electron chi connectivity index (χ2n) is 6.29. The molecule has 0 bridgehead atoms. The predicted molar refractivity (Wildman–Crippen MR) is 89.7 cm³/mol. The van der Waals surface area contributed by atoms with Crippen molar-refractivity contribution < 1.29 is 4.79 Å². The topological polar surface area (TPSA) is 32.3 Å². The number of rotatable bonds is 7. The minimum absolute atomic E-state index is 0.307. The monoisotopic (exact) mass is 308 g/mol. The fourth-order valence-corrected chi connectivity index (χ4v) is 3.72. The van der Waals surface area contributed by atoms with Gasteiger partial charge >= 0.3 is 0 Å². The van der Waals surface area contributed by atoms with Crippen LogP contribution < -0.4 is 5.32 Å². The molecule has 0 radical (unpaired) electrons. The summed E-state index contributed by atoms with van der Waals surface area (Å²) < 4.78 is 0.